The number of carbonyl (C=O) groups excluding carboxylic acids is 1. The number of esters is 1. The number of rotatable bonds is 3. The van der Waals surface area contributed by atoms with E-state index in [1.165, 1.54) is 18.9 Å². The molecule has 0 atom stereocenters. The molecule has 0 amide bonds. The number of nitrogens with zero attached hydrogens (tertiary/aromatic N) is 1. The maximum absolute atomic E-state index is 11.5. The fourth-order valence-electron chi connectivity index (χ4n) is 1.31. The first-order valence-electron chi connectivity index (χ1n) is 5.00. The van der Waals surface area contributed by atoms with E-state index in [1.807, 2.05) is 30.3 Å². The number of hydrogen-bond acceptors (Lipinski definition) is 5. The number of ether oxygens (including phenoxy) is 1. The Bertz CT molecular complexity index is 522. The molecule has 0 N–H and O–H groups in total. The maximum atomic E-state index is 11.5. The predicted octanol–water partition coefficient (Wildman–Crippen LogP) is 2.92. The molecule has 0 saturated heterocycles. The molecule has 0 aliphatic heterocycles. The van der Waals surface area contributed by atoms with Crippen molar-refractivity contribution in [3.05, 3.63) is 41.8 Å². The van der Waals surface area contributed by atoms with Gasteiger partial charge in [0.25, 0.3) is 5.76 Å². The molecule has 0 spiro atoms. The second-order valence-electron chi connectivity index (χ2n) is 3.33. The van der Waals surface area contributed by atoms with E-state index in [9.17, 15) is 4.79 Å². The van der Waals surface area contributed by atoms with Crippen LogP contribution >= 0.6 is 11.8 Å². The third-order valence-corrected chi connectivity index (χ3v) is 3.34. The zero-order valence-corrected chi connectivity index (χ0v) is 10.3. The van der Waals surface area contributed by atoms with E-state index in [1.54, 1.807) is 6.92 Å². The number of benzene rings is 1. The molecule has 0 bridgehead atoms. The largest absolute Gasteiger partial charge is 0.463 e. The molecule has 1 heterocycles. The highest BCUT2D eigenvalue weighted by atomic mass is 32.2. The summed E-state index contributed by atoms with van der Waals surface area (Å²) in [6, 6.07) is 9.72. The van der Waals surface area contributed by atoms with Gasteiger partial charge in [-0.25, -0.2) is 4.79 Å². The first-order valence-corrected chi connectivity index (χ1v) is 5.81. The van der Waals surface area contributed by atoms with Crippen LogP contribution in [0.1, 0.15) is 16.2 Å². The van der Waals surface area contributed by atoms with Crippen molar-refractivity contribution in [3.63, 3.8) is 0 Å². The Hall–Kier alpha value is -1.75. The summed E-state index contributed by atoms with van der Waals surface area (Å²) in [5.41, 5.74) is 0.680. The van der Waals surface area contributed by atoms with Crippen molar-refractivity contribution in [1.82, 2.24) is 5.16 Å². The van der Waals surface area contributed by atoms with Crippen LogP contribution in [0.15, 0.2) is 44.6 Å². The molecule has 0 saturated carbocycles. The number of aromatic nitrogens is 1. The van der Waals surface area contributed by atoms with Gasteiger partial charge in [0.15, 0.2) is 0 Å². The van der Waals surface area contributed by atoms with Gasteiger partial charge in [-0.1, -0.05) is 35.1 Å². The molecule has 1 aromatic carbocycles. The molecule has 17 heavy (non-hydrogen) atoms. The van der Waals surface area contributed by atoms with Crippen molar-refractivity contribution in [2.45, 2.75) is 16.7 Å². The topological polar surface area (TPSA) is 52.3 Å². The highest BCUT2D eigenvalue weighted by Gasteiger charge is 2.21. The molecule has 0 aliphatic carbocycles. The van der Waals surface area contributed by atoms with Gasteiger partial charge in [-0.3, -0.25) is 0 Å². The lowest BCUT2D eigenvalue weighted by molar-refractivity contribution is 0.0549. The monoisotopic (exact) mass is 249 g/mol. The van der Waals surface area contributed by atoms with Crippen LogP contribution in [-0.4, -0.2) is 18.2 Å². The number of aryl methyl sites for hydroxylation is 1. The summed E-state index contributed by atoms with van der Waals surface area (Å²) in [6.07, 6.45) is 0. The summed E-state index contributed by atoms with van der Waals surface area (Å²) in [6.45, 7) is 1.79. The third kappa shape index (κ3) is 2.50. The summed E-state index contributed by atoms with van der Waals surface area (Å²) < 4.78 is 9.62. The minimum atomic E-state index is -0.510. The second kappa shape index (κ2) is 5.05. The fraction of sp³-hybridized carbons (Fsp3) is 0.167. The summed E-state index contributed by atoms with van der Waals surface area (Å²) in [4.78, 5) is 13.2. The molecule has 88 valence electrons. The van der Waals surface area contributed by atoms with Crippen LogP contribution in [0, 0.1) is 6.92 Å². The van der Waals surface area contributed by atoms with E-state index < -0.39 is 5.97 Å². The SMILES string of the molecule is COC(=O)c1onc(C)c1Sc1ccccc1. The van der Waals surface area contributed by atoms with E-state index in [4.69, 9.17) is 4.52 Å². The van der Waals surface area contributed by atoms with Gasteiger partial charge in [0.1, 0.15) is 0 Å². The van der Waals surface area contributed by atoms with E-state index in [2.05, 4.69) is 9.89 Å². The Morgan fingerprint density at radius 3 is 2.71 bits per heavy atom. The Morgan fingerprint density at radius 1 is 1.35 bits per heavy atom. The van der Waals surface area contributed by atoms with E-state index >= 15 is 0 Å². The van der Waals surface area contributed by atoms with Gasteiger partial charge in [-0.05, 0) is 19.1 Å². The highest BCUT2D eigenvalue weighted by molar-refractivity contribution is 7.99. The van der Waals surface area contributed by atoms with E-state index in [0.717, 1.165) is 4.90 Å². The van der Waals surface area contributed by atoms with E-state index in [0.29, 0.717) is 10.6 Å². The Morgan fingerprint density at radius 2 is 2.06 bits per heavy atom. The van der Waals surface area contributed by atoms with E-state index in [-0.39, 0.29) is 5.76 Å². The van der Waals surface area contributed by atoms with Gasteiger partial charge < -0.3 is 9.26 Å². The van der Waals surface area contributed by atoms with Crippen LogP contribution in [0.2, 0.25) is 0 Å². The first kappa shape index (κ1) is 11.7. The Balaban J connectivity index is 2.32. The lowest BCUT2D eigenvalue weighted by atomic mass is 10.4. The third-order valence-electron chi connectivity index (χ3n) is 2.14. The molecule has 5 heteroatoms. The smallest absolute Gasteiger partial charge is 0.378 e. The quantitative estimate of drug-likeness (QED) is 0.783. The molecule has 0 fully saturated rings. The van der Waals surface area contributed by atoms with Gasteiger partial charge in [0, 0.05) is 4.90 Å². The summed E-state index contributed by atoms with van der Waals surface area (Å²) in [5.74, 6) is -0.358. The van der Waals surface area contributed by atoms with Crippen molar-refractivity contribution >= 4 is 17.7 Å². The normalized spacial score (nSPS) is 10.2. The second-order valence-corrected chi connectivity index (χ2v) is 4.42. The zero-order valence-electron chi connectivity index (χ0n) is 9.47. The lowest BCUT2D eigenvalue weighted by Crippen LogP contribution is -2.00. The average Bonchev–Trinajstić information content (AvgIpc) is 2.72. The molecular weight excluding hydrogens is 238 g/mol. The van der Waals surface area contributed by atoms with Gasteiger partial charge in [0.2, 0.25) is 0 Å². The minimum Gasteiger partial charge on any atom is -0.463 e. The Kier molecular flexibility index (Phi) is 3.49. The zero-order chi connectivity index (χ0) is 12.3. The van der Waals surface area contributed by atoms with Crippen LogP contribution < -0.4 is 0 Å². The molecule has 0 unspecified atom stereocenters. The Labute approximate surface area is 103 Å². The van der Waals surface area contributed by atoms with Crippen molar-refractivity contribution in [3.8, 4) is 0 Å². The molecule has 2 aromatic rings. The van der Waals surface area contributed by atoms with Crippen LogP contribution in [0.5, 0.6) is 0 Å². The minimum absolute atomic E-state index is 0.152. The predicted molar refractivity (Wildman–Crippen MR) is 63.1 cm³/mol. The van der Waals surface area contributed by atoms with Crippen molar-refractivity contribution in [2.75, 3.05) is 7.11 Å². The van der Waals surface area contributed by atoms with Crippen LogP contribution in [0.4, 0.5) is 0 Å². The molecule has 2 rings (SSSR count). The summed E-state index contributed by atoms with van der Waals surface area (Å²) in [7, 11) is 1.32. The summed E-state index contributed by atoms with van der Waals surface area (Å²) in [5, 5.41) is 3.79. The van der Waals surface area contributed by atoms with Crippen molar-refractivity contribution in [2.24, 2.45) is 0 Å². The lowest BCUT2D eigenvalue weighted by Gasteiger charge is -2.00. The standard InChI is InChI=1S/C12H11NO3S/c1-8-11(10(16-13-8)12(14)15-2)17-9-6-4-3-5-7-9/h3-7H,1-2H3. The van der Waals surface area contributed by atoms with Crippen LogP contribution in [-0.2, 0) is 4.74 Å². The number of hydrogen-bond donors (Lipinski definition) is 0. The van der Waals surface area contributed by atoms with Crippen molar-refractivity contribution < 1.29 is 14.1 Å². The molecule has 0 radical (unpaired) electrons. The first-order chi connectivity index (χ1) is 8.22. The maximum Gasteiger partial charge on any atom is 0.378 e. The van der Waals surface area contributed by atoms with Gasteiger partial charge in [0.05, 0.1) is 17.7 Å². The molecule has 1 aromatic heterocycles. The van der Waals surface area contributed by atoms with Gasteiger partial charge >= 0.3 is 5.97 Å². The molecule has 0 aliphatic rings. The molecule has 4 nitrogen and oxygen atoms in total. The average molecular weight is 249 g/mol. The van der Waals surface area contributed by atoms with Crippen LogP contribution in [0.3, 0.4) is 0 Å². The van der Waals surface area contributed by atoms with Crippen LogP contribution in [0.25, 0.3) is 0 Å². The van der Waals surface area contributed by atoms with Gasteiger partial charge in [-0.15, -0.1) is 0 Å². The highest BCUT2D eigenvalue weighted by Crippen LogP contribution is 2.33. The van der Waals surface area contributed by atoms with Gasteiger partial charge in [-0.2, -0.15) is 0 Å². The number of methoxy groups -OCH3 is 1. The van der Waals surface area contributed by atoms with Crippen molar-refractivity contribution in [1.29, 1.82) is 0 Å². The fourth-order valence-corrected chi connectivity index (χ4v) is 2.24. The number of carbonyl (C=O) groups is 1. The molecular formula is C12H11NO3S. The summed E-state index contributed by atoms with van der Waals surface area (Å²) >= 11 is 1.43.